The van der Waals surface area contributed by atoms with Crippen molar-refractivity contribution in [2.45, 2.75) is 38.3 Å². The molecule has 0 spiro atoms. The molecular weight excluding hydrogens is 234 g/mol. The molecule has 0 saturated heterocycles. The van der Waals surface area contributed by atoms with Crippen molar-refractivity contribution in [2.24, 2.45) is 5.73 Å². The lowest BCUT2D eigenvalue weighted by atomic mass is 10.1. The zero-order valence-corrected chi connectivity index (χ0v) is 10.8. The number of hydrogen-bond donors (Lipinski definition) is 1. The summed E-state index contributed by atoms with van der Waals surface area (Å²) >= 11 is 6.19. The highest BCUT2D eigenvalue weighted by molar-refractivity contribution is 6.32. The smallest absolute Gasteiger partial charge is 0.138 e. The van der Waals surface area contributed by atoms with E-state index in [0.717, 1.165) is 24.2 Å². The van der Waals surface area contributed by atoms with E-state index in [1.807, 2.05) is 25.1 Å². The fourth-order valence-corrected chi connectivity index (χ4v) is 2.17. The fraction of sp³-hybridized carbons (Fsp3) is 0.429. The van der Waals surface area contributed by atoms with Crippen LogP contribution in [-0.4, -0.2) is 6.10 Å². The Balaban J connectivity index is 2.10. The van der Waals surface area contributed by atoms with Crippen molar-refractivity contribution < 1.29 is 4.74 Å². The maximum absolute atomic E-state index is 6.19. The van der Waals surface area contributed by atoms with Crippen LogP contribution in [0.3, 0.4) is 0 Å². The van der Waals surface area contributed by atoms with Crippen molar-refractivity contribution in [1.29, 1.82) is 0 Å². The molecule has 0 bridgehead atoms. The van der Waals surface area contributed by atoms with Crippen LogP contribution in [0.15, 0.2) is 30.4 Å². The minimum absolute atomic E-state index is 0.00359. The summed E-state index contributed by atoms with van der Waals surface area (Å²) in [6.07, 6.45) is 7.82. The van der Waals surface area contributed by atoms with Gasteiger partial charge < -0.3 is 10.5 Å². The van der Waals surface area contributed by atoms with Gasteiger partial charge in [0.1, 0.15) is 11.9 Å². The van der Waals surface area contributed by atoms with Gasteiger partial charge in [-0.1, -0.05) is 23.7 Å². The van der Waals surface area contributed by atoms with Gasteiger partial charge in [-0.25, -0.2) is 0 Å². The molecule has 3 heteroatoms. The molecular formula is C14H18ClNO. The first-order valence-corrected chi connectivity index (χ1v) is 6.43. The van der Waals surface area contributed by atoms with Gasteiger partial charge in [0, 0.05) is 6.04 Å². The molecule has 2 rings (SSSR count). The van der Waals surface area contributed by atoms with Gasteiger partial charge in [0.2, 0.25) is 0 Å². The Bertz CT molecular complexity index is 415. The average molecular weight is 252 g/mol. The van der Waals surface area contributed by atoms with Gasteiger partial charge in [-0.05, 0) is 50.0 Å². The van der Waals surface area contributed by atoms with Gasteiger partial charge in [0.05, 0.1) is 5.02 Å². The molecule has 92 valence electrons. The van der Waals surface area contributed by atoms with E-state index in [1.165, 1.54) is 6.42 Å². The van der Waals surface area contributed by atoms with Gasteiger partial charge in [-0.15, -0.1) is 0 Å². The number of benzene rings is 1. The molecule has 0 aliphatic heterocycles. The normalized spacial score (nSPS) is 21.2. The summed E-state index contributed by atoms with van der Waals surface area (Å²) in [7, 11) is 0. The highest BCUT2D eigenvalue weighted by Crippen LogP contribution is 2.29. The highest BCUT2D eigenvalue weighted by Gasteiger charge is 2.12. The lowest BCUT2D eigenvalue weighted by Crippen LogP contribution is -2.16. The fourth-order valence-electron chi connectivity index (χ4n) is 1.94. The molecule has 1 aromatic carbocycles. The molecule has 1 aliphatic rings. The number of halogens is 1. The first-order chi connectivity index (χ1) is 8.16. The van der Waals surface area contributed by atoms with E-state index < -0.39 is 0 Å². The van der Waals surface area contributed by atoms with Crippen molar-refractivity contribution >= 4 is 11.6 Å². The second kappa shape index (κ2) is 5.56. The maximum atomic E-state index is 6.19. The van der Waals surface area contributed by atoms with E-state index in [9.17, 15) is 0 Å². The minimum Gasteiger partial charge on any atom is -0.485 e. The molecule has 0 heterocycles. The predicted octanol–water partition coefficient (Wildman–Crippen LogP) is 3.85. The molecule has 2 nitrogen and oxygen atoms in total. The SMILES string of the molecule is CC(N)c1ccc(OC2C=CCCC2)c(Cl)c1. The van der Waals surface area contributed by atoms with Gasteiger partial charge >= 0.3 is 0 Å². The van der Waals surface area contributed by atoms with Crippen LogP contribution in [0.25, 0.3) is 0 Å². The van der Waals surface area contributed by atoms with Crippen LogP contribution in [0.1, 0.15) is 37.8 Å². The van der Waals surface area contributed by atoms with Crippen molar-refractivity contribution in [2.75, 3.05) is 0 Å². The van der Waals surface area contributed by atoms with Gasteiger partial charge in [0.25, 0.3) is 0 Å². The maximum Gasteiger partial charge on any atom is 0.138 e. The second-order valence-corrected chi connectivity index (χ2v) is 4.90. The molecule has 0 aromatic heterocycles. The Morgan fingerprint density at radius 2 is 2.29 bits per heavy atom. The summed E-state index contributed by atoms with van der Waals surface area (Å²) in [5, 5.41) is 0.638. The third-order valence-corrected chi connectivity index (χ3v) is 3.27. The summed E-state index contributed by atoms with van der Waals surface area (Å²) in [6.45, 7) is 1.94. The molecule has 2 unspecified atom stereocenters. The standard InChI is InChI=1S/C14H18ClNO/c1-10(16)11-7-8-14(13(15)9-11)17-12-5-3-2-4-6-12/h3,5,7-10,12H,2,4,6,16H2,1H3. The molecule has 1 aromatic rings. The quantitative estimate of drug-likeness (QED) is 0.829. The third kappa shape index (κ3) is 3.24. The van der Waals surface area contributed by atoms with Crippen molar-refractivity contribution in [3.63, 3.8) is 0 Å². The molecule has 0 saturated carbocycles. The van der Waals surface area contributed by atoms with Crippen LogP contribution in [0, 0.1) is 0 Å². The van der Waals surface area contributed by atoms with E-state index >= 15 is 0 Å². The van der Waals surface area contributed by atoms with Crippen LogP contribution in [-0.2, 0) is 0 Å². The van der Waals surface area contributed by atoms with Gasteiger partial charge in [0.15, 0.2) is 0 Å². The Morgan fingerprint density at radius 3 is 2.88 bits per heavy atom. The number of ether oxygens (including phenoxy) is 1. The number of rotatable bonds is 3. The van der Waals surface area contributed by atoms with Crippen LogP contribution < -0.4 is 10.5 Å². The molecule has 2 N–H and O–H groups in total. The van der Waals surface area contributed by atoms with Gasteiger partial charge in [-0.3, -0.25) is 0 Å². The van der Waals surface area contributed by atoms with E-state index in [0.29, 0.717) is 5.02 Å². The Labute approximate surface area is 107 Å². The van der Waals surface area contributed by atoms with E-state index in [2.05, 4.69) is 12.2 Å². The number of allylic oxidation sites excluding steroid dienone is 1. The largest absolute Gasteiger partial charge is 0.485 e. The van der Waals surface area contributed by atoms with Crippen molar-refractivity contribution in [3.8, 4) is 5.75 Å². The monoisotopic (exact) mass is 251 g/mol. The Morgan fingerprint density at radius 1 is 1.47 bits per heavy atom. The van der Waals surface area contributed by atoms with Crippen LogP contribution >= 0.6 is 11.6 Å². The first kappa shape index (κ1) is 12.5. The van der Waals surface area contributed by atoms with E-state index in [-0.39, 0.29) is 12.1 Å². The molecule has 0 fully saturated rings. The third-order valence-electron chi connectivity index (χ3n) is 2.97. The minimum atomic E-state index is -0.00359. The number of nitrogens with two attached hydrogens (primary N) is 1. The summed E-state index contributed by atoms with van der Waals surface area (Å²) in [5.41, 5.74) is 6.84. The second-order valence-electron chi connectivity index (χ2n) is 4.49. The summed E-state index contributed by atoms with van der Waals surface area (Å²) in [6, 6.07) is 5.76. The molecule has 17 heavy (non-hydrogen) atoms. The average Bonchev–Trinajstić information content (AvgIpc) is 2.33. The van der Waals surface area contributed by atoms with Crippen LogP contribution in [0.5, 0.6) is 5.75 Å². The zero-order chi connectivity index (χ0) is 12.3. The predicted molar refractivity (Wildman–Crippen MR) is 71.5 cm³/mol. The van der Waals surface area contributed by atoms with Crippen molar-refractivity contribution in [1.82, 2.24) is 0 Å². The van der Waals surface area contributed by atoms with Crippen molar-refractivity contribution in [3.05, 3.63) is 40.9 Å². The van der Waals surface area contributed by atoms with E-state index in [1.54, 1.807) is 0 Å². The van der Waals surface area contributed by atoms with Gasteiger partial charge in [-0.2, -0.15) is 0 Å². The van der Waals surface area contributed by atoms with Crippen LogP contribution in [0.2, 0.25) is 5.02 Å². The molecule has 0 radical (unpaired) electrons. The topological polar surface area (TPSA) is 35.2 Å². The Kier molecular flexibility index (Phi) is 4.08. The summed E-state index contributed by atoms with van der Waals surface area (Å²) in [4.78, 5) is 0. The lowest BCUT2D eigenvalue weighted by molar-refractivity contribution is 0.230. The molecule has 2 atom stereocenters. The summed E-state index contributed by atoms with van der Waals surface area (Å²) in [5.74, 6) is 0.743. The molecule has 0 amide bonds. The summed E-state index contributed by atoms with van der Waals surface area (Å²) < 4.78 is 5.86. The lowest BCUT2D eigenvalue weighted by Gasteiger charge is -2.19. The van der Waals surface area contributed by atoms with Crippen LogP contribution in [0.4, 0.5) is 0 Å². The first-order valence-electron chi connectivity index (χ1n) is 6.05. The zero-order valence-electron chi connectivity index (χ0n) is 10.0. The van der Waals surface area contributed by atoms with E-state index in [4.69, 9.17) is 22.1 Å². The highest BCUT2D eigenvalue weighted by atomic mass is 35.5. The molecule has 1 aliphatic carbocycles. The number of hydrogen-bond acceptors (Lipinski definition) is 2. The Hall–Kier alpha value is -0.990.